The third-order valence-electron chi connectivity index (χ3n) is 7.04. The molecule has 0 saturated carbocycles. The molecule has 0 unspecified atom stereocenters. The lowest BCUT2D eigenvalue weighted by atomic mass is 9.96. The van der Waals surface area contributed by atoms with Crippen LogP contribution in [0.4, 0.5) is 15.8 Å². The summed E-state index contributed by atoms with van der Waals surface area (Å²) in [6, 6.07) is 20.2. The molecule has 3 heterocycles. The van der Waals surface area contributed by atoms with Crippen LogP contribution in [0.5, 0.6) is 0 Å². The molecule has 8 heteroatoms. The molecule has 1 saturated heterocycles. The number of rotatable bonds is 6. The van der Waals surface area contributed by atoms with Gasteiger partial charge in [-0.2, -0.15) is 0 Å². The lowest BCUT2D eigenvalue weighted by Gasteiger charge is -2.29. The van der Waals surface area contributed by atoms with Crippen molar-refractivity contribution < 1.29 is 9.18 Å². The smallest absolute Gasteiger partial charge is 0.224 e. The Morgan fingerprint density at radius 1 is 1.05 bits per heavy atom. The Bertz CT molecular complexity index is 1520. The number of aryl methyl sites for hydroxylation is 2. The first-order valence-electron chi connectivity index (χ1n) is 12.6. The van der Waals surface area contributed by atoms with Crippen LogP contribution in [0.2, 0.25) is 0 Å². The summed E-state index contributed by atoms with van der Waals surface area (Å²) in [6.45, 7) is 7.88. The summed E-state index contributed by atoms with van der Waals surface area (Å²) < 4.78 is 16.2. The fourth-order valence-corrected chi connectivity index (χ4v) is 5.57. The van der Waals surface area contributed by atoms with Crippen LogP contribution >= 0.6 is 12.2 Å². The molecule has 1 aliphatic rings. The van der Waals surface area contributed by atoms with Crippen LogP contribution in [-0.4, -0.2) is 20.6 Å². The predicted octanol–water partition coefficient (Wildman–Crippen LogP) is 6.46. The molecule has 6 nitrogen and oxygen atoms in total. The van der Waals surface area contributed by atoms with E-state index in [1.54, 1.807) is 18.3 Å². The van der Waals surface area contributed by atoms with Crippen LogP contribution in [-0.2, 0) is 4.79 Å². The van der Waals surface area contributed by atoms with Crippen LogP contribution < -0.4 is 15.5 Å². The van der Waals surface area contributed by atoms with Crippen molar-refractivity contribution in [3.63, 3.8) is 0 Å². The molecule has 2 atom stereocenters. The molecule has 1 aliphatic heterocycles. The predicted molar refractivity (Wildman–Crippen MR) is 153 cm³/mol. The highest BCUT2D eigenvalue weighted by Gasteiger charge is 2.42. The van der Waals surface area contributed by atoms with Gasteiger partial charge in [-0.15, -0.1) is 0 Å². The third-order valence-corrected chi connectivity index (χ3v) is 7.35. The van der Waals surface area contributed by atoms with Gasteiger partial charge in [0, 0.05) is 41.1 Å². The van der Waals surface area contributed by atoms with Crippen molar-refractivity contribution in [1.82, 2.24) is 14.9 Å². The highest BCUT2D eigenvalue weighted by Crippen LogP contribution is 2.44. The topological polar surface area (TPSA) is 62.2 Å². The molecule has 0 radical (unpaired) electrons. The molecule has 2 aromatic carbocycles. The first-order valence-corrected chi connectivity index (χ1v) is 13.0. The zero-order valence-electron chi connectivity index (χ0n) is 21.8. The maximum atomic E-state index is 14.1. The summed E-state index contributed by atoms with van der Waals surface area (Å²) in [5, 5.41) is 7.05. The third kappa shape index (κ3) is 4.67. The first-order chi connectivity index (χ1) is 18.3. The van der Waals surface area contributed by atoms with Gasteiger partial charge in [-0.25, -0.2) is 4.39 Å². The van der Waals surface area contributed by atoms with Gasteiger partial charge in [0.05, 0.1) is 17.8 Å². The van der Waals surface area contributed by atoms with Crippen molar-refractivity contribution in [2.45, 2.75) is 46.2 Å². The summed E-state index contributed by atoms with van der Waals surface area (Å²) in [5.74, 6) is -0.309. The number of nitrogens with zero attached hydrogens (tertiary/aromatic N) is 3. The molecule has 2 N–H and O–H groups in total. The van der Waals surface area contributed by atoms with Gasteiger partial charge in [-0.3, -0.25) is 9.78 Å². The number of thiocarbonyl (C=S) groups is 1. The van der Waals surface area contributed by atoms with Crippen molar-refractivity contribution in [2.75, 3.05) is 10.2 Å². The quantitative estimate of drug-likeness (QED) is 0.282. The number of benzene rings is 2. The van der Waals surface area contributed by atoms with E-state index in [-0.39, 0.29) is 23.8 Å². The summed E-state index contributed by atoms with van der Waals surface area (Å²) in [4.78, 5) is 18.8. The molecule has 1 fully saturated rings. The van der Waals surface area contributed by atoms with Gasteiger partial charge in [0.15, 0.2) is 5.11 Å². The number of nitrogens with one attached hydrogen (secondary N) is 2. The molecular weight excluding hydrogens is 497 g/mol. The summed E-state index contributed by atoms with van der Waals surface area (Å²) >= 11 is 5.90. The molecule has 0 aliphatic carbocycles. The molecular formula is C30H30FN5OS. The zero-order valence-corrected chi connectivity index (χ0v) is 22.6. The number of amides is 1. The number of pyridine rings is 1. The standard InChI is InChI=1S/C30H30FN5OS/c1-5-27(37)33-25-13-12-23(15-18(25)2)36-29(28(34-30(36)38)26-11-6-7-14-32-26)24-16-19(3)35(20(24)4)22-10-8-9-21(31)17-22/h6-17,28-29H,5H2,1-4H3,(H,33,37)(H,34,38)/t28-,29-/m1/s1. The normalized spacial score (nSPS) is 17.0. The van der Waals surface area contributed by atoms with E-state index < -0.39 is 0 Å². The maximum absolute atomic E-state index is 14.1. The Labute approximate surface area is 227 Å². The van der Waals surface area contributed by atoms with E-state index in [1.807, 2.05) is 63.2 Å². The van der Waals surface area contributed by atoms with Crippen molar-refractivity contribution in [3.05, 3.63) is 107 Å². The van der Waals surface area contributed by atoms with Gasteiger partial charge in [0.1, 0.15) is 5.82 Å². The van der Waals surface area contributed by atoms with Crippen molar-refractivity contribution in [1.29, 1.82) is 0 Å². The number of hydrogen-bond acceptors (Lipinski definition) is 3. The molecule has 4 aromatic rings. The number of anilines is 2. The van der Waals surface area contributed by atoms with E-state index in [1.165, 1.54) is 6.07 Å². The molecule has 5 rings (SSSR count). The fourth-order valence-electron chi connectivity index (χ4n) is 5.23. The minimum absolute atomic E-state index is 0.0305. The Hall–Kier alpha value is -4.04. The minimum Gasteiger partial charge on any atom is -0.351 e. The molecule has 38 heavy (non-hydrogen) atoms. The van der Waals surface area contributed by atoms with Crippen molar-refractivity contribution in [2.24, 2.45) is 0 Å². The van der Waals surface area contributed by atoms with E-state index in [2.05, 4.69) is 38.1 Å². The zero-order chi connectivity index (χ0) is 27.0. The molecule has 194 valence electrons. The lowest BCUT2D eigenvalue weighted by molar-refractivity contribution is -0.115. The van der Waals surface area contributed by atoms with Crippen LogP contribution in [0.1, 0.15) is 53.6 Å². The number of hydrogen-bond donors (Lipinski definition) is 2. The highest BCUT2D eigenvalue weighted by molar-refractivity contribution is 7.80. The summed E-state index contributed by atoms with van der Waals surface area (Å²) in [5.41, 5.74) is 7.34. The SMILES string of the molecule is CCC(=O)Nc1ccc(N2C(=S)N[C@H](c3ccccn3)[C@H]2c2cc(C)n(-c3cccc(F)c3)c2C)cc1C. The van der Waals surface area contributed by atoms with Crippen LogP contribution in [0.25, 0.3) is 5.69 Å². The van der Waals surface area contributed by atoms with E-state index >= 15 is 0 Å². The van der Waals surface area contributed by atoms with E-state index in [0.717, 1.165) is 45.3 Å². The monoisotopic (exact) mass is 527 g/mol. The highest BCUT2D eigenvalue weighted by atomic mass is 32.1. The van der Waals surface area contributed by atoms with Crippen LogP contribution in [0.15, 0.2) is 72.9 Å². The van der Waals surface area contributed by atoms with Crippen molar-refractivity contribution in [3.8, 4) is 5.69 Å². The Balaban J connectivity index is 1.64. The molecule has 0 bridgehead atoms. The van der Waals surface area contributed by atoms with Gasteiger partial charge in [0.2, 0.25) is 5.91 Å². The minimum atomic E-state index is -0.279. The largest absolute Gasteiger partial charge is 0.351 e. The second kappa shape index (κ2) is 10.4. The van der Waals surface area contributed by atoms with Gasteiger partial charge in [0.25, 0.3) is 0 Å². The maximum Gasteiger partial charge on any atom is 0.224 e. The number of carbonyl (C=O) groups is 1. The van der Waals surface area contributed by atoms with Crippen molar-refractivity contribution >= 4 is 34.6 Å². The second-order valence-corrected chi connectivity index (χ2v) is 9.93. The number of aromatic nitrogens is 2. The van der Waals surface area contributed by atoms with Crippen LogP contribution in [0.3, 0.4) is 0 Å². The number of halogens is 1. The molecule has 2 aromatic heterocycles. The van der Waals surface area contributed by atoms with Gasteiger partial charge >= 0.3 is 0 Å². The number of carbonyl (C=O) groups excluding carboxylic acids is 1. The average molecular weight is 528 g/mol. The summed E-state index contributed by atoms with van der Waals surface area (Å²) in [6.07, 6.45) is 2.20. The van der Waals surface area contributed by atoms with E-state index in [4.69, 9.17) is 12.2 Å². The summed E-state index contributed by atoms with van der Waals surface area (Å²) in [7, 11) is 0. The average Bonchev–Trinajstić information content (AvgIpc) is 3.40. The van der Waals surface area contributed by atoms with Gasteiger partial charge in [-0.05, 0) is 98.7 Å². The Morgan fingerprint density at radius 3 is 2.55 bits per heavy atom. The van der Waals surface area contributed by atoms with E-state index in [0.29, 0.717) is 11.5 Å². The first kappa shape index (κ1) is 25.6. The Kier molecular flexibility index (Phi) is 6.99. The Morgan fingerprint density at radius 2 is 1.87 bits per heavy atom. The van der Waals surface area contributed by atoms with Crippen LogP contribution in [0, 0.1) is 26.6 Å². The molecule has 0 spiro atoms. The molecule has 1 amide bonds. The fraction of sp³-hybridized carbons (Fsp3) is 0.233. The van der Waals surface area contributed by atoms with E-state index in [9.17, 15) is 9.18 Å². The second-order valence-electron chi connectivity index (χ2n) is 9.54. The lowest BCUT2D eigenvalue weighted by Crippen LogP contribution is -2.29. The van der Waals surface area contributed by atoms with Gasteiger partial charge in [-0.1, -0.05) is 19.1 Å². The van der Waals surface area contributed by atoms with Gasteiger partial charge < -0.3 is 20.1 Å².